The van der Waals surface area contributed by atoms with Crippen molar-refractivity contribution in [1.29, 1.82) is 0 Å². The van der Waals surface area contributed by atoms with E-state index in [9.17, 15) is 38.4 Å². The lowest BCUT2D eigenvalue weighted by atomic mass is 10.1. The van der Waals surface area contributed by atoms with Crippen LogP contribution in [-0.2, 0) is 63.0 Å². The maximum absolute atomic E-state index is 13.4. The summed E-state index contributed by atoms with van der Waals surface area (Å²) >= 11 is 0. The van der Waals surface area contributed by atoms with Gasteiger partial charge in [0.2, 0.25) is 0 Å². The summed E-state index contributed by atoms with van der Waals surface area (Å²) in [6.07, 6.45) is -2.99. The second-order valence-electron chi connectivity index (χ2n) is 30.4. The molecule has 27 heteroatoms. The van der Waals surface area contributed by atoms with Gasteiger partial charge in [0.1, 0.15) is 47.1 Å². The molecule has 2 heterocycles. The van der Waals surface area contributed by atoms with Crippen LogP contribution in [0.15, 0.2) is 194 Å². The van der Waals surface area contributed by atoms with Crippen LogP contribution in [-0.4, -0.2) is 181 Å². The van der Waals surface area contributed by atoms with Crippen molar-refractivity contribution >= 4 is 48.1 Å². The fourth-order valence-electron chi connectivity index (χ4n) is 11.2. The van der Waals surface area contributed by atoms with E-state index < -0.39 is 58.7 Å². The second kappa shape index (κ2) is 45.9. The number of methoxy groups -OCH3 is 4. The first-order valence-corrected chi connectivity index (χ1v) is 38.1. The van der Waals surface area contributed by atoms with Crippen molar-refractivity contribution in [3.05, 3.63) is 250 Å². The fraction of sp³-hybridized carbons (Fsp3) is 0.378. The number of rotatable bonds is 28. The van der Waals surface area contributed by atoms with E-state index in [1.807, 2.05) is 139 Å². The number of amides is 6. The zero-order valence-corrected chi connectivity index (χ0v) is 69.8. The molecule has 0 unspecified atom stereocenters. The number of carbonyl (C=O) groups is 8. The maximum Gasteiger partial charge on any atom is 0.519 e. The molecule has 10 rings (SSSR count). The predicted molar refractivity (Wildman–Crippen MR) is 442 cm³/mol. The van der Waals surface area contributed by atoms with Crippen LogP contribution in [0.3, 0.4) is 0 Å². The molecule has 0 saturated carbocycles. The molecule has 0 aliphatic carbocycles. The lowest BCUT2D eigenvalue weighted by Crippen LogP contribution is -2.38. The minimum Gasteiger partial charge on any atom is -0.493 e. The van der Waals surface area contributed by atoms with E-state index in [4.69, 9.17) is 57.6 Å². The smallest absolute Gasteiger partial charge is 0.493 e. The number of hydrogen-bond donors (Lipinski definition) is 4. The van der Waals surface area contributed by atoms with Crippen LogP contribution in [0, 0.1) is 0 Å². The Balaban J connectivity index is 0.000000246. The van der Waals surface area contributed by atoms with Crippen molar-refractivity contribution in [2.75, 3.05) is 81.0 Å². The first-order valence-electron chi connectivity index (χ1n) is 38.1. The Bertz CT molecular complexity index is 4480. The van der Waals surface area contributed by atoms with Crippen LogP contribution < -0.4 is 39.1 Å². The van der Waals surface area contributed by atoms with E-state index in [2.05, 4.69) is 39.6 Å². The third-order valence-corrected chi connectivity index (χ3v) is 16.3. The Morgan fingerprint density at radius 2 is 0.709 bits per heavy atom. The van der Waals surface area contributed by atoms with Crippen LogP contribution in [0.25, 0.3) is 0 Å². The van der Waals surface area contributed by atoms with Crippen LogP contribution in [0.4, 0.5) is 19.2 Å². The van der Waals surface area contributed by atoms with Crippen LogP contribution in [0.2, 0.25) is 0 Å². The summed E-state index contributed by atoms with van der Waals surface area (Å²) in [5.41, 5.74) is 4.44. The van der Waals surface area contributed by atoms with Crippen molar-refractivity contribution in [3.63, 3.8) is 0 Å². The summed E-state index contributed by atoms with van der Waals surface area (Å²) < 4.78 is 57.8. The van der Waals surface area contributed by atoms with E-state index in [-0.39, 0.29) is 74.7 Å². The predicted octanol–water partition coefficient (Wildman–Crippen LogP) is 15.0. The van der Waals surface area contributed by atoms with Gasteiger partial charge in [-0.15, -0.1) is 0 Å². The highest BCUT2D eigenvalue weighted by Crippen LogP contribution is 2.36. The Labute approximate surface area is 685 Å². The number of nitrogens with zero attached hydrogens (tertiary/aromatic N) is 4. The second-order valence-corrected chi connectivity index (χ2v) is 30.4. The van der Waals surface area contributed by atoms with E-state index >= 15 is 0 Å². The van der Waals surface area contributed by atoms with Gasteiger partial charge in [-0.05, 0) is 165 Å². The Morgan fingerprint density at radius 3 is 1.06 bits per heavy atom. The molecule has 0 fully saturated rings. The number of ether oxygens (including phenoxy) is 11. The molecular formula is C90H112N6O21. The van der Waals surface area contributed by atoms with Gasteiger partial charge in [0.05, 0.1) is 83.5 Å². The largest absolute Gasteiger partial charge is 0.519 e. The monoisotopic (exact) mass is 1610 g/mol. The third kappa shape index (κ3) is 31.9. The highest BCUT2D eigenvalue weighted by atomic mass is 16.8. The zero-order chi connectivity index (χ0) is 85.9. The van der Waals surface area contributed by atoms with E-state index in [1.165, 1.54) is 40.0 Å². The number of aliphatic hydroxyl groups excluding tert-OH is 2. The number of fused-ring (bicyclic) bond motifs is 2. The van der Waals surface area contributed by atoms with Gasteiger partial charge in [-0.25, -0.2) is 19.2 Å². The molecule has 0 bridgehead atoms. The number of benzene rings is 8. The van der Waals surface area contributed by atoms with Crippen LogP contribution in [0.1, 0.15) is 158 Å². The summed E-state index contributed by atoms with van der Waals surface area (Å²) in [6, 6.07) is 60.0. The van der Waals surface area contributed by atoms with Crippen LogP contribution >= 0.6 is 0 Å². The molecule has 0 saturated heterocycles. The Kier molecular flexibility index (Phi) is 36.8. The van der Waals surface area contributed by atoms with Gasteiger partial charge in [0, 0.05) is 45.8 Å². The molecular weight excluding hydrogens is 1500 g/mol. The Morgan fingerprint density at radius 1 is 0.359 bits per heavy atom. The molecule has 0 spiro atoms. The van der Waals surface area contributed by atoms with Gasteiger partial charge in [0.15, 0.2) is 23.0 Å². The van der Waals surface area contributed by atoms with Gasteiger partial charge in [-0.1, -0.05) is 146 Å². The van der Waals surface area contributed by atoms with Crippen molar-refractivity contribution in [2.45, 2.75) is 145 Å². The summed E-state index contributed by atoms with van der Waals surface area (Å²) in [6.45, 7) is 25.8. The molecule has 117 heavy (non-hydrogen) atoms. The number of carbonyl (C=O) groups excluding carboxylic acids is 8. The van der Waals surface area contributed by atoms with Gasteiger partial charge in [-0.2, -0.15) is 0 Å². The van der Waals surface area contributed by atoms with Crippen LogP contribution in [0.5, 0.6) is 34.5 Å². The molecule has 628 valence electrons. The molecule has 6 amide bonds. The molecule has 0 radical (unpaired) electrons. The minimum atomic E-state index is -1.06. The number of hydrogen-bond acceptors (Lipinski definition) is 23. The van der Waals surface area contributed by atoms with Crippen molar-refractivity contribution in [2.24, 2.45) is 0 Å². The Hall–Kier alpha value is -12.0. The molecule has 27 nitrogen and oxygen atoms in total. The minimum absolute atomic E-state index is 0.0651. The number of aliphatic hydroxyl groups is 2. The molecule has 2 aliphatic rings. The van der Waals surface area contributed by atoms with Crippen molar-refractivity contribution < 1.29 is 101 Å². The average Bonchev–Trinajstić information content (AvgIpc) is 1.62. The maximum atomic E-state index is 13.4. The molecule has 8 aromatic rings. The molecule has 2 aliphatic heterocycles. The first-order chi connectivity index (χ1) is 55.6. The summed E-state index contributed by atoms with van der Waals surface area (Å²) in [5, 5.41) is 23.9. The SMILES string of the molecule is CC(C)(C)OC(=O)N(CCO)Cc1ccccc1.CC(C)(C)OC(=O)OC(=O)OC(C)(C)C.COc1ccc(CN2C(=O)c3cccc(OCCN(Cc4ccccc4)C(=O)OC(C)(C)C)c3C2=O)cc1OC.COc1ccc(CN2C(=O)c3cccc(OCCNCc4ccccc4)c3C2=O)cc1OC.OCCNCc1ccccc1. The highest BCUT2D eigenvalue weighted by molar-refractivity contribution is 6.23. The number of imide groups is 2. The molecule has 0 aromatic heterocycles. The first kappa shape index (κ1) is 93.8. The summed E-state index contributed by atoms with van der Waals surface area (Å²) in [5.74, 6) is 1.34. The lowest BCUT2D eigenvalue weighted by molar-refractivity contribution is -0.0295. The van der Waals surface area contributed by atoms with Crippen molar-refractivity contribution in [3.8, 4) is 34.5 Å². The van der Waals surface area contributed by atoms with Gasteiger partial charge in [0.25, 0.3) is 23.6 Å². The van der Waals surface area contributed by atoms with E-state index in [0.29, 0.717) is 78.2 Å². The lowest BCUT2D eigenvalue weighted by Gasteiger charge is -2.27. The van der Waals surface area contributed by atoms with E-state index in [1.54, 1.807) is 133 Å². The van der Waals surface area contributed by atoms with Gasteiger partial charge >= 0.3 is 24.5 Å². The number of nitrogens with one attached hydrogen (secondary N) is 2. The standard InChI is InChI=1S/C31H34N2O7.C26H26N2O5.C14H21NO3.C10H18O5.C9H13NO/c1-31(2,3)40-30(36)32(19-21-10-7-6-8-11-21)16-17-39-25-13-9-12-23-27(25)29(35)33(28(23)34)20-22-14-15-24(37-4)26(18-22)38-5;1-31-21-12-11-19(15-23(21)32-2)17-28-25(29)20-9-6-10-22(24(20)26(28)30)33-14-13-27-16-18-7-4-3-5-8-18;1-14(2,3)18-13(17)15(9-10-16)11-12-7-5-4-6-8-12;1-9(2,3)14-7(11)13-8(12)15-10(4,5)6;11-7-6-10-8-9-4-2-1-3-5-9/h6-15,18H,16-17,19-20H2,1-5H3;3-12,15,27H,13-14,16-17H2,1-2H3;4-8,16H,9-11H2,1-3H3;1-6H3;1-5,10-11H,6-8H2. The molecule has 0 atom stereocenters. The molecule has 8 aromatic carbocycles. The quantitative estimate of drug-likeness (QED) is 0.0116. The normalized spacial score (nSPS) is 12.1. The summed E-state index contributed by atoms with van der Waals surface area (Å²) in [7, 11) is 6.16. The highest BCUT2D eigenvalue weighted by Gasteiger charge is 2.40. The summed E-state index contributed by atoms with van der Waals surface area (Å²) in [4.78, 5) is 105. The average molecular weight is 1610 g/mol. The van der Waals surface area contributed by atoms with Gasteiger partial charge in [-0.3, -0.25) is 29.0 Å². The van der Waals surface area contributed by atoms with Crippen molar-refractivity contribution in [1.82, 2.24) is 30.2 Å². The third-order valence-electron chi connectivity index (χ3n) is 16.3. The van der Waals surface area contributed by atoms with Gasteiger partial charge < -0.3 is 82.8 Å². The molecule has 4 N–H and O–H groups in total. The van der Waals surface area contributed by atoms with E-state index in [0.717, 1.165) is 29.8 Å². The topological polar surface area (TPSA) is 316 Å². The zero-order valence-electron chi connectivity index (χ0n) is 69.8. The fourth-order valence-corrected chi connectivity index (χ4v) is 11.2.